The molecule has 0 aromatic rings. The fourth-order valence-electron chi connectivity index (χ4n) is 2.43. The zero-order valence-electron chi connectivity index (χ0n) is 7.01. The molecule has 2 heteroatoms. The van der Waals surface area contributed by atoms with Gasteiger partial charge in [-0.15, -0.1) is 12.4 Å². The number of rotatable bonds is 0. The van der Waals surface area contributed by atoms with E-state index in [-0.39, 0.29) is 12.4 Å². The van der Waals surface area contributed by atoms with Crippen LogP contribution in [-0.2, 0) is 0 Å². The van der Waals surface area contributed by atoms with Gasteiger partial charge in [-0.1, -0.05) is 6.42 Å². The molecule has 0 radical (unpaired) electrons. The molecular formula is C9H18ClN. The maximum atomic E-state index is 5.83. The van der Waals surface area contributed by atoms with E-state index in [9.17, 15) is 0 Å². The van der Waals surface area contributed by atoms with E-state index in [1.54, 1.807) is 0 Å². The van der Waals surface area contributed by atoms with Crippen LogP contribution in [0.5, 0.6) is 0 Å². The Morgan fingerprint density at radius 2 is 1.55 bits per heavy atom. The second-order valence-electron chi connectivity index (χ2n) is 4.19. The highest BCUT2D eigenvalue weighted by Crippen LogP contribution is 2.51. The Morgan fingerprint density at radius 3 is 1.91 bits per heavy atom. The summed E-state index contributed by atoms with van der Waals surface area (Å²) in [5.74, 6) is 0. The lowest BCUT2D eigenvalue weighted by Gasteiger charge is -2.46. The monoisotopic (exact) mass is 175 g/mol. The Morgan fingerprint density at radius 1 is 1.00 bits per heavy atom. The highest BCUT2D eigenvalue weighted by molar-refractivity contribution is 5.85. The molecule has 1 spiro atoms. The third-order valence-corrected chi connectivity index (χ3v) is 3.51. The van der Waals surface area contributed by atoms with Gasteiger partial charge in [-0.2, -0.15) is 0 Å². The minimum Gasteiger partial charge on any atom is -0.328 e. The molecule has 1 nitrogen and oxygen atoms in total. The Balaban J connectivity index is 0.000000605. The standard InChI is InChI=1S/C9H17N.ClH/c10-8-2-6-9(7-3-8)4-1-5-9;/h8H,1-7,10H2;1H. The summed E-state index contributed by atoms with van der Waals surface area (Å²) in [5, 5.41) is 0. The normalized spacial score (nSPS) is 29.2. The maximum absolute atomic E-state index is 5.83. The molecule has 2 aliphatic rings. The highest BCUT2D eigenvalue weighted by Gasteiger charge is 2.38. The summed E-state index contributed by atoms with van der Waals surface area (Å²) in [6.07, 6.45) is 9.91. The van der Waals surface area contributed by atoms with Gasteiger partial charge in [0.25, 0.3) is 0 Å². The van der Waals surface area contributed by atoms with Crippen LogP contribution in [0.3, 0.4) is 0 Å². The third-order valence-electron chi connectivity index (χ3n) is 3.51. The van der Waals surface area contributed by atoms with Gasteiger partial charge in [0.05, 0.1) is 0 Å². The SMILES string of the molecule is Cl.NC1CCC2(CCC2)CC1. The molecule has 0 saturated heterocycles. The Hall–Kier alpha value is 0.250. The average molecular weight is 176 g/mol. The van der Waals surface area contributed by atoms with E-state index in [0.29, 0.717) is 6.04 Å². The fraction of sp³-hybridized carbons (Fsp3) is 1.00. The first-order valence-electron chi connectivity index (χ1n) is 4.56. The van der Waals surface area contributed by atoms with Gasteiger partial charge in [-0.05, 0) is 43.9 Å². The average Bonchev–Trinajstić information content (AvgIpc) is 1.86. The van der Waals surface area contributed by atoms with Crippen molar-refractivity contribution in [3.63, 3.8) is 0 Å². The van der Waals surface area contributed by atoms with Gasteiger partial charge in [0.1, 0.15) is 0 Å². The molecule has 2 aliphatic carbocycles. The van der Waals surface area contributed by atoms with Crippen LogP contribution in [0.1, 0.15) is 44.9 Å². The van der Waals surface area contributed by atoms with Crippen LogP contribution < -0.4 is 5.73 Å². The number of nitrogens with two attached hydrogens (primary N) is 1. The zero-order chi connectivity index (χ0) is 7.03. The van der Waals surface area contributed by atoms with Crippen LogP contribution in [0.2, 0.25) is 0 Å². The lowest BCUT2D eigenvalue weighted by Crippen LogP contribution is -2.38. The molecule has 66 valence electrons. The van der Waals surface area contributed by atoms with Crippen LogP contribution in [0.4, 0.5) is 0 Å². The maximum Gasteiger partial charge on any atom is 0.00392 e. The fourth-order valence-corrected chi connectivity index (χ4v) is 2.43. The number of hydrogen-bond donors (Lipinski definition) is 1. The van der Waals surface area contributed by atoms with Crippen molar-refractivity contribution in [3.05, 3.63) is 0 Å². The molecule has 2 N–H and O–H groups in total. The molecule has 2 fully saturated rings. The van der Waals surface area contributed by atoms with Crippen LogP contribution in [0, 0.1) is 5.41 Å². The minimum absolute atomic E-state index is 0. The molecule has 0 aromatic heterocycles. The van der Waals surface area contributed by atoms with E-state index in [4.69, 9.17) is 5.73 Å². The van der Waals surface area contributed by atoms with E-state index in [1.165, 1.54) is 44.9 Å². The van der Waals surface area contributed by atoms with Crippen molar-refractivity contribution in [3.8, 4) is 0 Å². The van der Waals surface area contributed by atoms with Crippen molar-refractivity contribution < 1.29 is 0 Å². The minimum atomic E-state index is 0. The lowest BCUT2D eigenvalue weighted by molar-refractivity contribution is 0.0703. The van der Waals surface area contributed by atoms with E-state index in [2.05, 4.69) is 0 Å². The molecule has 0 unspecified atom stereocenters. The molecule has 11 heavy (non-hydrogen) atoms. The van der Waals surface area contributed by atoms with Gasteiger partial charge in [0.15, 0.2) is 0 Å². The summed E-state index contributed by atoms with van der Waals surface area (Å²) in [5.41, 5.74) is 6.64. The van der Waals surface area contributed by atoms with Gasteiger partial charge < -0.3 is 5.73 Å². The summed E-state index contributed by atoms with van der Waals surface area (Å²) >= 11 is 0. The summed E-state index contributed by atoms with van der Waals surface area (Å²) in [7, 11) is 0. The first kappa shape index (κ1) is 9.34. The molecule has 0 amide bonds. The summed E-state index contributed by atoms with van der Waals surface area (Å²) in [4.78, 5) is 0. The van der Waals surface area contributed by atoms with Crippen molar-refractivity contribution in [2.75, 3.05) is 0 Å². The smallest absolute Gasteiger partial charge is 0.00392 e. The molecular weight excluding hydrogens is 158 g/mol. The van der Waals surface area contributed by atoms with Crippen LogP contribution in [-0.4, -0.2) is 6.04 Å². The van der Waals surface area contributed by atoms with Crippen molar-refractivity contribution in [1.29, 1.82) is 0 Å². The molecule has 0 heterocycles. The molecule has 2 saturated carbocycles. The van der Waals surface area contributed by atoms with E-state index >= 15 is 0 Å². The second-order valence-corrected chi connectivity index (χ2v) is 4.19. The quantitative estimate of drug-likeness (QED) is 0.602. The molecule has 2 rings (SSSR count). The van der Waals surface area contributed by atoms with Crippen molar-refractivity contribution in [2.45, 2.75) is 51.0 Å². The number of halogens is 1. The highest BCUT2D eigenvalue weighted by atomic mass is 35.5. The second kappa shape index (κ2) is 3.32. The summed E-state index contributed by atoms with van der Waals surface area (Å²) < 4.78 is 0. The van der Waals surface area contributed by atoms with Crippen LogP contribution in [0.25, 0.3) is 0 Å². The van der Waals surface area contributed by atoms with Gasteiger partial charge in [0, 0.05) is 6.04 Å². The zero-order valence-corrected chi connectivity index (χ0v) is 7.83. The molecule has 0 aromatic carbocycles. The first-order chi connectivity index (χ1) is 4.81. The molecule has 0 bridgehead atoms. The Bertz CT molecular complexity index is 122. The predicted octanol–water partition coefficient (Wildman–Crippen LogP) is 2.48. The molecule has 0 aliphatic heterocycles. The largest absolute Gasteiger partial charge is 0.328 e. The van der Waals surface area contributed by atoms with Crippen molar-refractivity contribution in [2.24, 2.45) is 11.1 Å². The Kier molecular flexibility index (Phi) is 2.82. The predicted molar refractivity (Wildman–Crippen MR) is 50.0 cm³/mol. The van der Waals surface area contributed by atoms with Crippen molar-refractivity contribution in [1.82, 2.24) is 0 Å². The summed E-state index contributed by atoms with van der Waals surface area (Å²) in [6.45, 7) is 0. The lowest BCUT2D eigenvalue weighted by atomic mass is 9.60. The van der Waals surface area contributed by atoms with Gasteiger partial charge in [0.2, 0.25) is 0 Å². The molecule has 0 atom stereocenters. The van der Waals surface area contributed by atoms with Gasteiger partial charge in [-0.3, -0.25) is 0 Å². The van der Waals surface area contributed by atoms with Crippen molar-refractivity contribution >= 4 is 12.4 Å². The number of hydrogen-bond acceptors (Lipinski definition) is 1. The van der Waals surface area contributed by atoms with E-state index < -0.39 is 0 Å². The van der Waals surface area contributed by atoms with Crippen LogP contribution >= 0.6 is 12.4 Å². The Labute approximate surface area is 75.1 Å². The summed E-state index contributed by atoms with van der Waals surface area (Å²) in [6, 6.07) is 0.534. The van der Waals surface area contributed by atoms with E-state index in [1.807, 2.05) is 0 Å². The van der Waals surface area contributed by atoms with E-state index in [0.717, 1.165) is 5.41 Å². The van der Waals surface area contributed by atoms with Gasteiger partial charge in [-0.25, -0.2) is 0 Å². The topological polar surface area (TPSA) is 26.0 Å². The third kappa shape index (κ3) is 1.70. The van der Waals surface area contributed by atoms with Crippen LogP contribution in [0.15, 0.2) is 0 Å². The van der Waals surface area contributed by atoms with Gasteiger partial charge >= 0.3 is 0 Å². The first-order valence-corrected chi connectivity index (χ1v) is 4.56.